The van der Waals surface area contributed by atoms with Crippen LogP contribution in [0.2, 0.25) is 0 Å². The number of nitrogens with zero attached hydrogens (tertiary/aromatic N) is 2. The van der Waals surface area contributed by atoms with Crippen LogP contribution >= 0.6 is 0 Å². The minimum absolute atomic E-state index is 0.0811. The van der Waals surface area contributed by atoms with Crippen LogP contribution in [0.15, 0.2) is 78.9 Å². The summed E-state index contributed by atoms with van der Waals surface area (Å²) in [6, 6.07) is 25.6. The van der Waals surface area contributed by atoms with Crippen LogP contribution in [0.4, 0.5) is 11.4 Å². The van der Waals surface area contributed by atoms with E-state index in [9.17, 15) is 14.9 Å². The molecule has 0 aromatic heterocycles. The van der Waals surface area contributed by atoms with Crippen molar-refractivity contribution in [2.45, 2.75) is 6.04 Å². The number of hydrogen-bond donors (Lipinski definition) is 2. The van der Waals surface area contributed by atoms with Gasteiger partial charge in [0.2, 0.25) is 5.91 Å². The third-order valence-corrected chi connectivity index (χ3v) is 5.88. The standard InChI is InChI=1S/C24H24N4O3/c25-24(29)20-11-12-21(22(17-20)28(30)31)26-13-15-27(16-14-26)23(18-7-3-1-4-8-18)19-9-5-2-6-10-19/h1-12,17,23H,13-16H2,(H2,25,29)/p+1. The van der Waals surface area contributed by atoms with Crippen molar-refractivity contribution >= 4 is 17.3 Å². The van der Waals surface area contributed by atoms with Gasteiger partial charge in [-0.2, -0.15) is 0 Å². The first-order chi connectivity index (χ1) is 15.0. The van der Waals surface area contributed by atoms with Crippen LogP contribution in [-0.4, -0.2) is 37.0 Å². The molecule has 1 aliphatic rings. The van der Waals surface area contributed by atoms with Gasteiger partial charge in [0.25, 0.3) is 5.69 Å². The highest BCUT2D eigenvalue weighted by Crippen LogP contribution is 2.29. The van der Waals surface area contributed by atoms with E-state index in [1.807, 2.05) is 17.0 Å². The van der Waals surface area contributed by atoms with Crippen molar-refractivity contribution in [2.75, 3.05) is 31.1 Å². The molecule has 31 heavy (non-hydrogen) atoms. The van der Waals surface area contributed by atoms with Gasteiger partial charge in [-0.05, 0) is 12.1 Å². The Kier molecular flexibility index (Phi) is 5.95. The van der Waals surface area contributed by atoms with Crippen LogP contribution in [0.5, 0.6) is 0 Å². The molecule has 0 aliphatic carbocycles. The number of quaternary nitrogens is 1. The van der Waals surface area contributed by atoms with Crippen LogP contribution in [-0.2, 0) is 0 Å². The predicted molar refractivity (Wildman–Crippen MR) is 119 cm³/mol. The summed E-state index contributed by atoms with van der Waals surface area (Å²) in [4.78, 5) is 26.0. The molecule has 7 nitrogen and oxygen atoms in total. The third-order valence-electron chi connectivity index (χ3n) is 5.88. The Labute approximate surface area is 180 Å². The minimum atomic E-state index is -0.669. The Morgan fingerprint density at radius 1 is 0.935 bits per heavy atom. The highest BCUT2D eigenvalue weighted by Gasteiger charge is 2.32. The maximum atomic E-state index is 11.6. The first-order valence-corrected chi connectivity index (χ1v) is 10.3. The van der Waals surface area contributed by atoms with Gasteiger partial charge >= 0.3 is 0 Å². The summed E-state index contributed by atoms with van der Waals surface area (Å²) in [5.41, 5.74) is 8.41. The van der Waals surface area contributed by atoms with Crippen LogP contribution in [0, 0.1) is 10.1 Å². The van der Waals surface area contributed by atoms with E-state index >= 15 is 0 Å². The molecule has 0 unspecified atom stereocenters. The summed E-state index contributed by atoms with van der Waals surface area (Å²) in [5.74, 6) is -0.669. The number of nitrogens with one attached hydrogen (secondary N) is 1. The molecule has 1 aliphatic heterocycles. The Bertz CT molecular complexity index is 1030. The van der Waals surface area contributed by atoms with Crippen LogP contribution in [0.3, 0.4) is 0 Å². The number of nitro benzene ring substituents is 1. The molecule has 3 aromatic carbocycles. The fourth-order valence-corrected chi connectivity index (χ4v) is 4.37. The Morgan fingerprint density at radius 3 is 1.97 bits per heavy atom. The second kappa shape index (κ2) is 8.97. The Morgan fingerprint density at radius 2 is 1.48 bits per heavy atom. The molecular formula is C24H25N4O3+. The smallest absolute Gasteiger partial charge is 0.293 e. The maximum absolute atomic E-state index is 11.6. The van der Waals surface area contributed by atoms with Crippen molar-refractivity contribution in [1.29, 1.82) is 0 Å². The fourth-order valence-electron chi connectivity index (χ4n) is 4.37. The lowest BCUT2D eigenvalue weighted by Crippen LogP contribution is -3.15. The fraction of sp³-hybridized carbons (Fsp3) is 0.208. The highest BCUT2D eigenvalue weighted by atomic mass is 16.6. The van der Waals surface area contributed by atoms with E-state index in [4.69, 9.17) is 5.73 Å². The number of carbonyl (C=O) groups excluding carboxylic acids is 1. The molecule has 4 rings (SSSR count). The average Bonchev–Trinajstić information content (AvgIpc) is 2.81. The van der Waals surface area contributed by atoms with E-state index in [1.54, 1.807) is 12.1 Å². The van der Waals surface area contributed by atoms with Gasteiger partial charge in [-0.15, -0.1) is 0 Å². The number of primary amides is 1. The van der Waals surface area contributed by atoms with Gasteiger partial charge in [0.1, 0.15) is 11.7 Å². The van der Waals surface area contributed by atoms with Crippen molar-refractivity contribution in [3.63, 3.8) is 0 Å². The minimum Gasteiger partial charge on any atom is -0.366 e. The molecule has 0 atom stereocenters. The van der Waals surface area contributed by atoms with E-state index in [0.29, 0.717) is 18.8 Å². The highest BCUT2D eigenvalue weighted by molar-refractivity contribution is 5.94. The lowest BCUT2D eigenvalue weighted by molar-refractivity contribution is -0.926. The number of nitrogens with two attached hydrogens (primary N) is 1. The Balaban J connectivity index is 1.57. The van der Waals surface area contributed by atoms with Crippen LogP contribution in [0.25, 0.3) is 0 Å². The molecule has 0 spiro atoms. The van der Waals surface area contributed by atoms with Crippen molar-refractivity contribution in [1.82, 2.24) is 0 Å². The zero-order chi connectivity index (χ0) is 21.8. The second-order valence-corrected chi connectivity index (χ2v) is 7.72. The van der Waals surface area contributed by atoms with E-state index in [1.165, 1.54) is 22.1 Å². The molecule has 3 N–H and O–H groups in total. The number of anilines is 1. The molecule has 1 amide bonds. The van der Waals surface area contributed by atoms with Gasteiger partial charge in [0.15, 0.2) is 0 Å². The van der Waals surface area contributed by atoms with Crippen LogP contribution in [0.1, 0.15) is 27.5 Å². The lowest BCUT2D eigenvalue weighted by Gasteiger charge is -2.37. The topological polar surface area (TPSA) is 93.9 Å². The van der Waals surface area contributed by atoms with Crippen molar-refractivity contribution in [3.8, 4) is 0 Å². The number of rotatable bonds is 6. The van der Waals surface area contributed by atoms with Crippen molar-refractivity contribution in [2.24, 2.45) is 5.73 Å². The van der Waals surface area contributed by atoms with Gasteiger partial charge in [0, 0.05) is 22.8 Å². The molecule has 1 heterocycles. The van der Waals surface area contributed by atoms with E-state index < -0.39 is 10.8 Å². The molecule has 7 heteroatoms. The van der Waals surface area contributed by atoms with E-state index in [-0.39, 0.29) is 17.3 Å². The number of amides is 1. The van der Waals surface area contributed by atoms with E-state index in [0.717, 1.165) is 13.1 Å². The monoisotopic (exact) mass is 417 g/mol. The molecule has 0 bridgehead atoms. The quantitative estimate of drug-likeness (QED) is 0.475. The zero-order valence-corrected chi connectivity index (χ0v) is 17.1. The molecule has 1 fully saturated rings. The number of hydrogen-bond acceptors (Lipinski definition) is 4. The second-order valence-electron chi connectivity index (χ2n) is 7.72. The number of piperazine rings is 1. The summed E-state index contributed by atoms with van der Waals surface area (Å²) in [7, 11) is 0. The lowest BCUT2D eigenvalue weighted by atomic mass is 9.96. The predicted octanol–water partition coefficient (Wildman–Crippen LogP) is 2.19. The van der Waals surface area contributed by atoms with Crippen LogP contribution < -0.4 is 15.5 Å². The third kappa shape index (κ3) is 4.41. The summed E-state index contributed by atoms with van der Waals surface area (Å²) in [6.45, 7) is 3.04. The first kappa shape index (κ1) is 20.6. The van der Waals surface area contributed by atoms with E-state index in [2.05, 4.69) is 48.5 Å². The van der Waals surface area contributed by atoms with Gasteiger partial charge in [-0.3, -0.25) is 14.9 Å². The van der Waals surface area contributed by atoms with Gasteiger partial charge in [0.05, 0.1) is 31.1 Å². The van der Waals surface area contributed by atoms with Crippen molar-refractivity contribution < 1.29 is 14.6 Å². The summed E-state index contributed by atoms with van der Waals surface area (Å²) < 4.78 is 0. The molecule has 0 radical (unpaired) electrons. The van der Waals surface area contributed by atoms with Crippen molar-refractivity contribution in [3.05, 3.63) is 106 Å². The zero-order valence-electron chi connectivity index (χ0n) is 17.1. The van der Waals surface area contributed by atoms with Gasteiger partial charge < -0.3 is 15.5 Å². The van der Waals surface area contributed by atoms with Gasteiger partial charge in [-0.25, -0.2) is 0 Å². The first-order valence-electron chi connectivity index (χ1n) is 10.3. The molecule has 0 saturated carbocycles. The molecule has 3 aromatic rings. The number of nitro groups is 1. The number of carbonyl (C=O) groups is 1. The summed E-state index contributed by atoms with van der Waals surface area (Å²) >= 11 is 0. The normalized spacial score (nSPS) is 14.5. The summed E-state index contributed by atoms with van der Waals surface area (Å²) in [5, 5.41) is 11.6. The molecule has 1 saturated heterocycles. The maximum Gasteiger partial charge on any atom is 0.293 e. The van der Waals surface area contributed by atoms with Gasteiger partial charge in [-0.1, -0.05) is 60.7 Å². The molecule has 158 valence electrons. The molecular weight excluding hydrogens is 392 g/mol. The SMILES string of the molecule is NC(=O)c1ccc(N2CC[NH+](C(c3ccccc3)c3ccccc3)CC2)c([N+](=O)[O-])c1. The largest absolute Gasteiger partial charge is 0.366 e. The average molecular weight is 417 g/mol. The Hall–Kier alpha value is -3.71. The summed E-state index contributed by atoms with van der Waals surface area (Å²) in [6.07, 6.45) is 0. The number of benzene rings is 3.